The Hall–Kier alpha value is -11.3. The van der Waals surface area contributed by atoms with E-state index >= 15 is 0 Å². The van der Waals surface area contributed by atoms with Gasteiger partial charge in [0.05, 0.1) is 33.1 Å². The molecule has 0 bridgehead atoms. The van der Waals surface area contributed by atoms with Crippen LogP contribution in [0.25, 0.3) is 110 Å². The Balaban J connectivity index is 0.818. The maximum Gasteiger partial charge on any atom is 0.0970 e. The molecule has 0 amide bonds. The minimum absolute atomic E-state index is 0.894. The van der Waals surface area contributed by atoms with Gasteiger partial charge in [0, 0.05) is 90.2 Å². The van der Waals surface area contributed by atoms with E-state index < -0.39 is 0 Å². The molecule has 0 spiro atoms. The van der Waals surface area contributed by atoms with Crippen LogP contribution in [0.5, 0.6) is 0 Å². The summed E-state index contributed by atoms with van der Waals surface area (Å²) in [6.45, 7) is 2.28. The van der Waals surface area contributed by atoms with Gasteiger partial charge in [0.25, 0.3) is 0 Å². The van der Waals surface area contributed by atoms with Crippen molar-refractivity contribution in [3.8, 4) is 44.8 Å². The van der Waals surface area contributed by atoms with Crippen LogP contribution >= 0.6 is 0 Å². The van der Waals surface area contributed by atoms with Crippen molar-refractivity contribution in [3.05, 3.63) is 315 Å². The summed E-state index contributed by atoms with van der Waals surface area (Å²) >= 11 is 0. The Bertz CT molecular complexity index is 4830. The summed E-state index contributed by atoms with van der Waals surface area (Å²) in [7, 11) is 0. The molecule has 0 aliphatic rings. The molecule has 0 atom stereocenters. The summed E-state index contributed by atoms with van der Waals surface area (Å²) in [6.07, 6.45) is 3.73. The minimum Gasteiger partial charge on any atom is -0.310 e. The van der Waals surface area contributed by atoms with Crippen molar-refractivity contribution in [1.82, 2.24) is 19.1 Å². The van der Waals surface area contributed by atoms with Crippen molar-refractivity contribution >= 4 is 99.5 Å². The number of rotatable bonds is 11. The molecule has 85 heavy (non-hydrogen) atoms. The van der Waals surface area contributed by atoms with Crippen molar-refractivity contribution in [1.29, 1.82) is 0 Å². The number of hydrogen-bond acceptors (Lipinski definition) is 4. The number of para-hydroxylation sites is 6. The van der Waals surface area contributed by atoms with Crippen molar-refractivity contribution in [3.63, 3.8) is 0 Å². The summed E-state index contributed by atoms with van der Waals surface area (Å²) in [5, 5.41) is 6.92. The molecule has 0 aliphatic carbocycles. The number of benzene rings is 12. The second-order valence-corrected chi connectivity index (χ2v) is 21.8. The standard InChI is InChI=1S/C79H54N6/c1-53-69(54-34-38-62(39-35-54)84-74-32-16-14-29-66(74)72-51-64(42-44-76(72)84)82(58-21-6-2-7-22-58)59-23-8-3-9-24-59)49-57(71-48-56-20-18-46-80-78(56)79-68(71)31-19-47-81-79)50-70(53)55-36-40-63(41-37-55)85-75-33-17-15-30-67(75)73-52-65(43-45-77(73)85)83(60-25-10-4-11-26-60)61-27-12-5-13-28-61/h2-52H,1H3. The maximum atomic E-state index is 4.94. The van der Waals surface area contributed by atoms with Gasteiger partial charge in [-0.2, -0.15) is 0 Å². The molecule has 16 rings (SSSR count). The molecule has 400 valence electrons. The largest absolute Gasteiger partial charge is 0.310 e. The smallest absolute Gasteiger partial charge is 0.0970 e. The van der Waals surface area contributed by atoms with Crippen LogP contribution in [0.3, 0.4) is 0 Å². The minimum atomic E-state index is 0.894. The van der Waals surface area contributed by atoms with E-state index in [1.165, 1.54) is 38.2 Å². The van der Waals surface area contributed by atoms with Gasteiger partial charge >= 0.3 is 0 Å². The summed E-state index contributed by atoms with van der Waals surface area (Å²) in [5.41, 5.74) is 23.3. The first-order valence-corrected chi connectivity index (χ1v) is 29.0. The number of fused-ring (bicyclic) bond motifs is 9. The van der Waals surface area contributed by atoms with E-state index in [1.54, 1.807) is 0 Å². The average Bonchev–Trinajstić information content (AvgIpc) is 2.08. The van der Waals surface area contributed by atoms with Gasteiger partial charge in [-0.3, -0.25) is 9.97 Å². The van der Waals surface area contributed by atoms with Gasteiger partial charge < -0.3 is 18.9 Å². The molecule has 0 aliphatic heterocycles. The van der Waals surface area contributed by atoms with Crippen LogP contribution in [0.15, 0.2) is 310 Å². The highest BCUT2D eigenvalue weighted by Gasteiger charge is 2.22. The molecule has 16 aromatic rings. The molecule has 6 nitrogen and oxygen atoms in total. The molecule has 0 saturated carbocycles. The predicted octanol–water partition coefficient (Wildman–Crippen LogP) is 21.2. The van der Waals surface area contributed by atoms with E-state index in [-0.39, 0.29) is 0 Å². The summed E-state index contributed by atoms with van der Waals surface area (Å²) in [5.74, 6) is 0. The number of pyridine rings is 2. The Morgan fingerprint density at radius 1 is 0.271 bits per heavy atom. The first kappa shape index (κ1) is 49.5. The number of hydrogen-bond donors (Lipinski definition) is 0. The van der Waals surface area contributed by atoms with Gasteiger partial charge in [-0.15, -0.1) is 0 Å². The zero-order valence-corrected chi connectivity index (χ0v) is 46.6. The lowest BCUT2D eigenvalue weighted by molar-refractivity contribution is 1.18. The molecule has 6 heteroatoms. The third-order valence-electron chi connectivity index (χ3n) is 16.9. The summed E-state index contributed by atoms with van der Waals surface area (Å²) < 4.78 is 4.82. The molecule has 4 aromatic heterocycles. The molecular formula is C79H54N6. The Morgan fingerprint density at radius 2 is 0.659 bits per heavy atom. The maximum absolute atomic E-state index is 4.94. The lowest BCUT2D eigenvalue weighted by atomic mass is 9.87. The second kappa shape index (κ2) is 20.6. The third kappa shape index (κ3) is 8.49. The number of anilines is 6. The fourth-order valence-electron chi connectivity index (χ4n) is 13.0. The van der Waals surface area contributed by atoms with Crippen LogP contribution in [-0.2, 0) is 0 Å². The Labute approximate surface area is 492 Å². The van der Waals surface area contributed by atoms with Crippen LogP contribution in [-0.4, -0.2) is 19.1 Å². The van der Waals surface area contributed by atoms with Gasteiger partial charge in [0.1, 0.15) is 0 Å². The highest BCUT2D eigenvalue weighted by Crippen LogP contribution is 2.45. The molecule has 0 N–H and O–H groups in total. The molecule has 12 aromatic carbocycles. The van der Waals surface area contributed by atoms with E-state index in [2.05, 4.69) is 311 Å². The van der Waals surface area contributed by atoms with Crippen molar-refractivity contribution in [2.45, 2.75) is 6.92 Å². The summed E-state index contributed by atoms with van der Waals surface area (Å²) in [6, 6.07) is 108. The van der Waals surface area contributed by atoms with Crippen LogP contribution in [0.2, 0.25) is 0 Å². The Morgan fingerprint density at radius 3 is 1.12 bits per heavy atom. The van der Waals surface area contributed by atoms with Gasteiger partial charge in [-0.25, -0.2) is 0 Å². The molecule has 0 unspecified atom stereocenters. The van der Waals surface area contributed by atoms with Crippen LogP contribution in [0, 0.1) is 6.92 Å². The van der Waals surface area contributed by atoms with E-state index in [9.17, 15) is 0 Å². The zero-order chi connectivity index (χ0) is 56.4. The van der Waals surface area contributed by atoms with Crippen LogP contribution < -0.4 is 9.80 Å². The highest BCUT2D eigenvalue weighted by atomic mass is 15.1. The Kier molecular flexibility index (Phi) is 12.0. The van der Waals surface area contributed by atoms with Crippen molar-refractivity contribution in [2.75, 3.05) is 9.80 Å². The van der Waals surface area contributed by atoms with Gasteiger partial charge in [-0.05, 0) is 198 Å². The lowest BCUT2D eigenvalue weighted by Crippen LogP contribution is -2.09. The third-order valence-corrected chi connectivity index (χ3v) is 16.9. The predicted molar refractivity (Wildman–Crippen MR) is 356 cm³/mol. The van der Waals surface area contributed by atoms with Gasteiger partial charge in [-0.1, -0.05) is 146 Å². The fraction of sp³-hybridized carbons (Fsp3) is 0.0127. The van der Waals surface area contributed by atoms with Crippen LogP contribution in [0.4, 0.5) is 34.1 Å². The SMILES string of the molecule is Cc1c(-c2ccc(-n3c4ccccc4c4cc(N(c5ccccc5)c5ccccc5)ccc43)cc2)cc(-c2cc3cccnc3c3ncccc23)cc1-c1ccc(-n2c3ccccc3c3cc(N(c4ccccc4)c4ccccc4)ccc32)cc1. The van der Waals surface area contributed by atoms with Gasteiger partial charge in [0.2, 0.25) is 0 Å². The zero-order valence-electron chi connectivity index (χ0n) is 46.6. The first-order valence-electron chi connectivity index (χ1n) is 29.0. The summed E-state index contributed by atoms with van der Waals surface area (Å²) in [4.78, 5) is 14.4. The van der Waals surface area contributed by atoms with E-state index in [0.717, 1.165) is 112 Å². The van der Waals surface area contributed by atoms with Crippen molar-refractivity contribution in [2.24, 2.45) is 0 Å². The molecule has 0 saturated heterocycles. The van der Waals surface area contributed by atoms with Crippen LogP contribution in [0.1, 0.15) is 5.56 Å². The fourth-order valence-corrected chi connectivity index (χ4v) is 13.0. The molecule has 0 fully saturated rings. The number of aromatic nitrogens is 4. The second-order valence-electron chi connectivity index (χ2n) is 21.8. The van der Waals surface area contributed by atoms with E-state index in [1.807, 2.05) is 24.5 Å². The molecule has 0 radical (unpaired) electrons. The molecular weight excluding hydrogens is 1030 g/mol. The topological polar surface area (TPSA) is 42.1 Å². The highest BCUT2D eigenvalue weighted by molar-refractivity contribution is 6.13. The van der Waals surface area contributed by atoms with E-state index in [0.29, 0.717) is 0 Å². The first-order chi connectivity index (χ1) is 42.1. The van der Waals surface area contributed by atoms with Gasteiger partial charge in [0.15, 0.2) is 0 Å². The monoisotopic (exact) mass is 1090 g/mol. The number of nitrogens with zero attached hydrogens (tertiary/aromatic N) is 6. The molecule has 4 heterocycles. The normalized spacial score (nSPS) is 11.6. The average molecular weight is 1090 g/mol. The quantitative estimate of drug-likeness (QED) is 0.121. The van der Waals surface area contributed by atoms with Crippen molar-refractivity contribution < 1.29 is 0 Å². The van der Waals surface area contributed by atoms with E-state index in [4.69, 9.17) is 9.97 Å². The lowest BCUT2D eigenvalue weighted by Gasteiger charge is -2.25.